The molecule has 0 radical (unpaired) electrons. The summed E-state index contributed by atoms with van der Waals surface area (Å²) in [5, 5.41) is 1.36. The van der Waals surface area contributed by atoms with Crippen molar-refractivity contribution < 1.29 is 0 Å². The lowest BCUT2D eigenvalue weighted by Gasteiger charge is -1.92. The van der Waals surface area contributed by atoms with Gasteiger partial charge in [0.15, 0.2) is 0 Å². The Morgan fingerprint density at radius 3 is 2.24 bits per heavy atom. The second kappa shape index (κ2) is 7.08. The number of fused-ring (bicyclic) bond motifs is 1. The molecule has 0 spiro atoms. The van der Waals surface area contributed by atoms with E-state index >= 15 is 0 Å². The van der Waals surface area contributed by atoms with Crippen LogP contribution in [0.5, 0.6) is 0 Å². The average Bonchev–Trinajstić information content (AvgIpc) is 2.72. The van der Waals surface area contributed by atoms with Crippen LogP contribution in [0.3, 0.4) is 0 Å². The quantitative estimate of drug-likeness (QED) is 0.608. The van der Waals surface area contributed by atoms with Gasteiger partial charge in [0.1, 0.15) is 0 Å². The zero-order valence-electron chi connectivity index (χ0n) is 11.0. The monoisotopic (exact) mass is 244 g/mol. The molecule has 2 aromatic rings. The summed E-state index contributed by atoms with van der Waals surface area (Å²) < 4.78 is 1.36. The molecular weight excluding hydrogens is 224 g/mol. The first-order valence-electron chi connectivity index (χ1n) is 6.13. The fourth-order valence-corrected chi connectivity index (χ4v) is 2.86. The van der Waals surface area contributed by atoms with Gasteiger partial charge in [0.25, 0.3) is 0 Å². The van der Waals surface area contributed by atoms with Crippen molar-refractivity contribution in [1.82, 2.24) is 0 Å². The van der Waals surface area contributed by atoms with Gasteiger partial charge >= 0.3 is 0 Å². The van der Waals surface area contributed by atoms with Crippen molar-refractivity contribution in [3.63, 3.8) is 0 Å². The van der Waals surface area contributed by atoms with Crippen molar-refractivity contribution >= 4 is 33.6 Å². The first-order chi connectivity index (χ1) is 8.36. The molecule has 0 N–H and O–H groups in total. The van der Waals surface area contributed by atoms with Crippen molar-refractivity contribution in [2.45, 2.75) is 27.7 Å². The Balaban J connectivity index is 0.000000686. The van der Waals surface area contributed by atoms with E-state index in [0.717, 1.165) is 0 Å². The summed E-state index contributed by atoms with van der Waals surface area (Å²) in [6, 6.07) is 8.56. The molecule has 17 heavy (non-hydrogen) atoms. The summed E-state index contributed by atoms with van der Waals surface area (Å²) in [4.78, 5) is 1.34. The van der Waals surface area contributed by atoms with Gasteiger partial charge in [-0.3, -0.25) is 0 Å². The number of hydrogen-bond donors (Lipinski definition) is 0. The molecule has 1 aromatic carbocycles. The van der Waals surface area contributed by atoms with Crippen molar-refractivity contribution in [2.75, 3.05) is 0 Å². The molecule has 1 heterocycles. The van der Waals surface area contributed by atoms with E-state index in [0.29, 0.717) is 0 Å². The number of benzene rings is 1. The summed E-state index contributed by atoms with van der Waals surface area (Å²) in [6.45, 7) is 8.12. The Morgan fingerprint density at radius 1 is 0.941 bits per heavy atom. The Kier molecular flexibility index (Phi) is 5.71. The minimum atomic E-state index is 1.34. The van der Waals surface area contributed by atoms with Crippen LogP contribution in [0.2, 0.25) is 0 Å². The number of rotatable bonds is 2. The van der Waals surface area contributed by atoms with Crippen molar-refractivity contribution in [2.24, 2.45) is 0 Å². The highest BCUT2D eigenvalue weighted by Crippen LogP contribution is 2.33. The van der Waals surface area contributed by atoms with Crippen molar-refractivity contribution in [1.29, 1.82) is 0 Å². The van der Waals surface area contributed by atoms with Crippen LogP contribution in [-0.2, 0) is 0 Å². The SMILES string of the molecule is C/C=C\c1sc2ccccc2c1/C=C/C.CC. The molecule has 0 bridgehead atoms. The first kappa shape index (κ1) is 13.7. The molecule has 0 saturated carbocycles. The lowest BCUT2D eigenvalue weighted by molar-refractivity contribution is 1.50. The number of allylic oxidation sites excluding steroid dienone is 2. The molecule has 1 heteroatoms. The third-order valence-corrected chi connectivity index (χ3v) is 3.47. The summed E-state index contributed by atoms with van der Waals surface area (Å²) in [5.41, 5.74) is 1.34. The smallest absolute Gasteiger partial charge is 0.0355 e. The second-order valence-corrected chi connectivity index (χ2v) is 4.46. The third-order valence-electron chi connectivity index (χ3n) is 2.31. The van der Waals surface area contributed by atoms with E-state index in [1.165, 1.54) is 20.5 Å². The normalized spacial score (nSPS) is 11.1. The molecule has 1 aromatic heterocycles. The van der Waals surface area contributed by atoms with Crippen molar-refractivity contribution in [3.8, 4) is 0 Å². The van der Waals surface area contributed by atoms with Crippen molar-refractivity contribution in [3.05, 3.63) is 46.9 Å². The van der Waals surface area contributed by atoms with Gasteiger partial charge in [-0.05, 0) is 31.6 Å². The van der Waals surface area contributed by atoms with Crippen LogP contribution in [0.4, 0.5) is 0 Å². The van der Waals surface area contributed by atoms with Crippen LogP contribution in [0.1, 0.15) is 38.1 Å². The number of thiophene rings is 1. The predicted molar refractivity (Wildman–Crippen MR) is 82.6 cm³/mol. The average molecular weight is 244 g/mol. The molecule has 0 atom stereocenters. The Labute approximate surface area is 108 Å². The third kappa shape index (κ3) is 3.07. The van der Waals surface area contributed by atoms with E-state index in [4.69, 9.17) is 0 Å². The van der Waals surface area contributed by atoms with Gasteiger partial charge in [-0.25, -0.2) is 0 Å². The summed E-state index contributed by atoms with van der Waals surface area (Å²) in [6.07, 6.45) is 8.56. The zero-order chi connectivity index (χ0) is 12.7. The molecule has 90 valence electrons. The molecule has 0 fully saturated rings. The van der Waals surface area contributed by atoms with Crippen LogP contribution in [0.25, 0.3) is 22.2 Å². The molecule has 0 nitrogen and oxygen atoms in total. The molecule has 0 unspecified atom stereocenters. The molecule has 0 aliphatic rings. The minimum absolute atomic E-state index is 1.34. The van der Waals surface area contributed by atoms with E-state index in [9.17, 15) is 0 Å². The molecule has 0 amide bonds. The highest BCUT2D eigenvalue weighted by Gasteiger charge is 2.05. The Morgan fingerprint density at radius 2 is 1.59 bits per heavy atom. The fourth-order valence-electron chi connectivity index (χ4n) is 1.70. The predicted octanol–water partition coefficient (Wildman–Crippen LogP) is 5.99. The van der Waals surface area contributed by atoms with Gasteiger partial charge in [-0.2, -0.15) is 0 Å². The first-order valence-corrected chi connectivity index (χ1v) is 6.95. The summed E-state index contributed by atoms with van der Waals surface area (Å²) in [7, 11) is 0. The van der Waals surface area contributed by atoms with Crippen LogP contribution < -0.4 is 0 Å². The fraction of sp³-hybridized carbons (Fsp3) is 0.250. The zero-order valence-corrected chi connectivity index (χ0v) is 11.8. The largest absolute Gasteiger partial charge is 0.135 e. The minimum Gasteiger partial charge on any atom is -0.135 e. The van der Waals surface area contributed by atoms with Crippen LogP contribution in [0, 0.1) is 0 Å². The Hall–Kier alpha value is -1.34. The maximum Gasteiger partial charge on any atom is 0.0355 e. The van der Waals surface area contributed by atoms with E-state index in [1.807, 2.05) is 25.2 Å². The lowest BCUT2D eigenvalue weighted by atomic mass is 10.1. The van der Waals surface area contributed by atoms with Gasteiger partial charge in [-0.1, -0.05) is 50.3 Å². The number of hydrogen-bond acceptors (Lipinski definition) is 1. The summed E-state index contributed by atoms with van der Waals surface area (Å²) >= 11 is 1.85. The molecule has 0 aliphatic heterocycles. The molecule has 2 rings (SSSR count). The molecular formula is C16H20S. The summed E-state index contributed by atoms with van der Waals surface area (Å²) in [5.74, 6) is 0. The van der Waals surface area contributed by atoms with Gasteiger partial charge < -0.3 is 0 Å². The highest BCUT2D eigenvalue weighted by molar-refractivity contribution is 7.20. The maximum absolute atomic E-state index is 2.19. The Bertz CT molecular complexity index is 515. The highest BCUT2D eigenvalue weighted by atomic mass is 32.1. The standard InChI is InChI=1S/C14H14S.C2H6/c1-3-7-11-12-9-5-6-10-14(12)15-13(11)8-4-2;1-2/h3-10H,1-2H3;1-2H3/b7-3+,8-4-;. The van der Waals surface area contributed by atoms with Crippen LogP contribution in [0.15, 0.2) is 36.4 Å². The lowest BCUT2D eigenvalue weighted by Crippen LogP contribution is -1.71. The van der Waals surface area contributed by atoms with Crippen LogP contribution in [-0.4, -0.2) is 0 Å². The van der Waals surface area contributed by atoms with E-state index < -0.39 is 0 Å². The van der Waals surface area contributed by atoms with E-state index in [1.54, 1.807) is 0 Å². The molecule has 0 saturated heterocycles. The van der Waals surface area contributed by atoms with Gasteiger partial charge in [0.2, 0.25) is 0 Å². The van der Waals surface area contributed by atoms with Gasteiger partial charge in [-0.15, -0.1) is 11.3 Å². The van der Waals surface area contributed by atoms with Gasteiger partial charge in [0.05, 0.1) is 0 Å². The second-order valence-electron chi connectivity index (χ2n) is 3.38. The topological polar surface area (TPSA) is 0 Å². The molecule has 0 aliphatic carbocycles. The van der Waals surface area contributed by atoms with Gasteiger partial charge in [0, 0.05) is 15.0 Å². The maximum atomic E-state index is 2.19. The van der Waals surface area contributed by atoms with Crippen LogP contribution >= 0.6 is 11.3 Å². The van der Waals surface area contributed by atoms with E-state index in [2.05, 4.69) is 62.4 Å². The van der Waals surface area contributed by atoms with E-state index in [-0.39, 0.29) is 0 Å².